The van der Waals surface area contributed by atoms with Crippen molar-refractivity contribution in [3.05, 3.63) is 176 Å². The number of fused-ring (bicyclic) bond motifs is 6. The van der Waals surface area contributed by atoms with Crippen molar-refractivity contribution in [3.8, 4) is 68.3 Å². The van der Waals surface area contributed by atoms with Crippen LogP contribution in [0, 0.1) is 0 Å². The lowest BCUT2D eigenvalue weighted by molar-refractivity contribution is 1.07. The maximum absolute atomic E-state index is 5.15. The Hall–Kier alpha value is -7.64. The van der Waals surface area contributed by atoms with E-state index in [9.17, 15) is 0 Å². The Bertz CT molecular complexity index is 3060. The highest BCUT2D eigenvalue weighted by atomic mass is 15.1. The van der Waals surface area contributed by atoms with Crippen LogP contribution >= 0.6 is 0 Å². The molecule has 0 unspecified atom stereocenters. The van der Waals surface area contributed by atoms with Crippen LogP contribution in [0.25, 0.3) is 106 Å². The maximum Gasteiger partial charge on any atom is 0.166 e. The molecule has 0 spiro atoms. The van der Waals surface area contributed by atoms with Crippen LogP contribution in [0.2, 0.25) is 0 Å². The van der Waals surface area contributed by atoms with Gasteiger partial charge in [0.25, 0.3) is 0 Å². The first-order valence-electron chi connectivity index (χ1n) is 18.2. The highest BCUT2D eigenvalue weighted by Gasteiger charge is 2.25. The van der Waals surface area contributed by atoms with E-state index < -0.39 is 0 Å². The summed E-state index contributed by atoms with van der Waals surface area (Å²) < 4.78 is 2.37. The molecule has 55 heavy (non-hydrogen) atoms. The predicted molar refractivity (Wildman–Crippen MR) is 220 cm³/mol. The summed E-state index contributed by atoms with van der Waals surface area (Å²) in [6, 6.07) is 59.8. The molecule has 11 rings (SSSR count). The first kappa shape index (κ1) is 30.9. The van der Waals surface area contributed by atoms with Gasteiger partial charge in [-0.3, -0.25) is 0 Å². The van der Waals surface area contributed by atoms with Crippen LogP contribution in [0.4, 0.5) is 0 Å². The summed E-state index contributed by atoms with van der Waals surface area (Å²) in [5, 5.41) is 4.45. The van der Waals surface area contributed by atoms with E-state index in [4.69, 9.17) is 29.9 Å². The summed E-state index contributed by atoms with van der Waals surface area (Å²) in [6.45, 7) is 0. The molecular weight excluding hydrogens is 675 g/mol. The van der Waals surface area contributed by atoms with Gasteiger partial charge in [0.1, 0.15) is 0 Å². The minimum absolute atomic E-state index is 0.612. The quantitative estimate of drug-likeness (QED) is 0.171. The van der Waals surface area contributed by atoms with Crippen molar-refractivity contribution in [1.82, 2.24) is 34.3 Å². The second-order valence-electron chi connectivity index (χ2n) is 13.5. The monoisotopic (exact) mass is 703 g/mol. The van der Waals surface area contributed by atoms with E-state index in [1.807, 2.05) is 121 Å². The largest absolute Gasteiger partial charge is 0.307 e. The highest BCUT2D eigenvalue weighted by molar-refractivity contribution is 6.28. The topological polar surface area (TPSA) is 81.8 Å². The summed E-state index contributed by atoms with van der Waals surface area (Å²) in [6.07, 6.45) is 0. The summed E-state index contributed by atoms with van der Waals surface area (Å²) in [5.74, 6) is 3.74. The third-order valence-corrected chi connectivity index (χ3v) is 10.2. The number of benzene rings is 7. The van der Waals surface area contributed by atoms with Gasteiger partial charge in [-0.2, -0.15) is 0 Å². The third-order valence-electron chi connectivity index (χ3n) is 10.2. The number of hydrogen-bond acceptors (Lipinski definition) is 6. The minimum atomic E-state index is 0.612. The fraction of sp³-hybridized carbons (Fsp3) is 0. The molecule has 11 aromatic rings. The molecule has 0 saturated carbocycles. The van der Waals surface area contributed by atoms with Crippen molar-refractivity contribution in [2.75, 3.05) is 0 Å². The molecule has 0 aliphatic heterocycles. The Morgan fingerprint density at radius 2 is 0.673 bits per heavy atom. The van der Waals surface area contributed by atoms with E-state index in [1.54, 1.807) is 0 Å². The smallest absolute Gasteiger partial charge is 0.166 e. The van der Waals surface area contributed by atoms with Gasteiger partial charge in [0.15, 0.2) is 34.9 Å². The summed E-state index contributed by atoms with van der Waals surface area (Å²) in [5.41, 5.74) is 8.81. The van der Waals surface area contributed by atoms with E-state index in [0.29, 0.717) is 34.9 Å². The zero-order valence-corrected chi connectivity index (χ0v) is 29.4. The zero-order chi connectivity index (χ0) is 36.3. The van der Waals surface area contributed by atoms with Gasteiger partial charge < -0.3 is 4.40 Å². The Kier molecular flexibility index (Phi) is 7.03. The molecule has 7 nitrogen and oxygen atoms in total. The fourth-order valence-electron chi connectivity index (χ4n) is 7.77. The Balaban J connectivity index is 1.20. The third kappa shape index (κ3) is 5.05. The lowest BCUT2D eigenvalue weighted by atomic mass is 10.0. The summed E-state index contributed by atoms with van der Waals surface area (Å²) >= 11 is 0. The number of rotatable bonds is 6. The van der Waals surface area contributed by atoms with Crippen LogP contribution in [0.1, 0.15) is 0 Å². The number of nitrogens with zero attached hydrogens (tertiary/aromatic N) is 7. The van der Waals surface area contributed by atoms with Gasteiger partial charge in [0.2, 0.25) is 0 Å². The molecule has 7 aromatic carbocycles. The second-order valence-corrected chi connectivity index (χ2v) is 13.5. The molecule has 0 N–H and O–H groups in total. The molecule has 256 valence electrons. The molecule has 4 heterocycles. The van der Waals surface area contributed by atoms with E-state index >= 15 is 0 Å². The molecule has 0 atom stereocenters. The lowest BCUT2D eigenvalue weighted by Gasteiger charge is -2.10. The lowest BCUT2D eigenvalue weighted by Crippen LogP contribution is -2.00. The van der Waals surface area contributed by atoms with Crippen LogP contribution < -0.4 is 0 Å². The van der Waals surface area contributed by atoms with Crippen LogP contribution in [-0.4, -0.2) is 34.3 Å². The van der Waals surface area contributed by atoms with Gasteiger partial charge in [0, 0.05) is 54.9 Å². The molecule has 0 bridgehead atoms. The number of para-hydroxylation sites is 2. The van der Waals surface area contributed by atoms with E-state index in [-0.39, 0.29) is 0 Å². The van der Waals surface area contributed by atoms with Gasteiger partial charge in [0.05, 0.1) is 16.6 Å². The maximum atomic E-state index is 5.15. The normalized spacial score (nSPS) is 11.6. The van der Waals surface area contributed by atoms with Crippen molar-refractivity contribution < 1.29 is 0 Å². The van der Waals surface area contributed by atoms with Gasteiger partial charge in [-0.1, -0.05) is 158 Å². The van der Waals surface area contributed by atoms with Crippen molar-refractivity contribution in [1.29, 1.82) is 0 Å². The standard InChI is InChI=1S/C48H29N7/c1-5-16-30(17-6-1)43-49-44(31-18-7-2-8-19-31)52-47(51-43)37-29-28-35-34-25-15-26-38(41(34)55-39-27-14-13-24-36(39)40(37)42(35)55)48-53-45(32-20-9-3-10-21-32)50-46(54-48)33-22-11-4-12-23-33/h1-29H. The van der Waals surface area contributed by atoms with E-state index in [1.165, 1.54) is 0 Å². The predicted octanol–water partition coefficient (Wildman–Crippen LogP) is 11.2. The average Bonchev–Trinajstić information content (AvgIpc) is 3.80. The van der Waals surface area contributed by atoms with Crippen molar-refractivity contribution in [3.63, 3.8) is 0 Å². The van der Waals surface area contributed by atoms with Crippen molar-refractivity contribution in [2.24, 2.45) is 0 Å². The zero-order valence-electron chi connectivity index (χ0n) is 29.4. The Morgan fingerprint density at radius 1 is 0.273 bits per heavy atom. The van der Waals surface area contributed by atoms with Gasteiger partial charge >= 0.3 is 0 Å². The molecule has 4 aromatic heterocycles. The molecule has 0 radical (unpaired) electrons. The molecule has 0 aliphatic carbocycles. The average molecular weight is 704 g/mol. The van der Waals surface area contributed by atoms with Crippen molar-refractivity contribution in [2.45, 2.75) is 0 Å². The fourth-order valence-corrected chi connectivity index (χ4v) is 7.77. The molecule has 0 saturated heterocycles. The molecule has 7 heteroatoms. The van der Waals surface area contributed by atoms with E-state index in [0.717, 1.165) is 71.5 Å². The van der Waals surface area contributed by atoms with Crippen LogP contribution in [0.15, 0.2) is 176 Å². The first-order valence-corrected chi connectivity index (χ1v) is 18.2. The minimum Gasteiger partial charge on any atom is -0.307 e. The highest BCUT2D eigenvalue weighted by Crippen LogP contribution is 2.45. The van der Waals surface area contributed by atoms with Crippen molar-refractivity contribution >= 4 is 38.1 Å². The SMILES string of the molecule is c1ccc(-c2nc(-c3ccccc3)nc(-c3ccc4c5cccc(-c6nc(-c7ccccc7)nc(-c7ccccc7)n6)c5n5c6ccccc6c3c45)n2)cc1. The van der Waals surface area contributed by atoms with Gasteiger partial charge in [-0.05, 0) is 18.2 Å². The number of hydrogen-bond donors (Lipinski definition) is 0. The Morgan fingerprint density at radius 3 is 1.18 bits per heavy atom. The molecular formula is C48H29N7. The molecule has 0 aliphatic rings. The Labute approximate surface area is 315 Å². The molecule has 0 fully saturated rings. The summed E-state index contributed by atoms with van der Waals surface area (Å²) in [4.78, 5) is 30.5. The molecule has 0 amide bonds. The van der Waals surface area contributed by atoms with Crippen LogP contribution in [0.5, 0.6) is 0 Å². The van der Waals surface area contributed by atoms with Crippen LogP contribution in [-0.2, 0) is 0 Å². The number of aromatic nitrogens is 7. The second kappa shape index (κ2) is 12.5. The first-order chi connectivity index (χ1) is 27.3. The van der Waals surface area contributed by atoms with Crippen LogP contribution in [0.3, 0.4) is 0 Å². The van der Waals surface area contributed by atoms with Gasteiger partial charge in [-0.15, -0.1) is 0 Å². The van der Waals surface area contributed by atoms with E-state index in [2.05, 4.69) is 59.0 Å². The van der Waals surface area contributed by atoms with Gasteiger partial charge in [-0.25, -0.2) is 29.9 Å². The summed E-state index contributed by atoms with van der Waals surface area (Å²) in [7, 11) is 0.